The van der Waals surface area contributed by atoms with Crippen molar-refractivity contribution in [3.8, 4) is 11.6 Å². The van der Waals surface area contributed by atoms with Crippen molar-refractivity contribution in [3.05, 3.63) is 40.6 Å². The summed E-state index contributed by atoms with van der Waals surface area (Å²) in [7, 11) is 0. The van der Waals surface area contributed by atoms with E-state index in [1.165, 1.54) is 24.7 Å². The zero-order chi connectivity index (χ0) is 15.1. The van der Waals surface area contributed by atoms with Gasteiger partial charge in [0.1, 0.15) is 22.4 Å². The van der Waals surface area contributed by atoms with E-state index in [0.29, 0.717) is 5.88 Å². The van der Waals surface area contributed by atoms with Crippen molar-refractivity contribution < 1.29 is 4.74 Å². The Morgan fingerprint density at radius 3 is 2.57 bits per heavy atom. The second-order valence-corrected chi connectivity index (χ2v) is 5.51. The van der Waals surface area contributed by atoms with Gasteiger partial charge in [-0.25, -0.2) is 9.97 Å². The van der Waals surface area contributed by atoms with Crippen molar-refractivity contribution in [2.24, 2.45) is 0 Å². The Hall–Kier alpha value is -1.62. The average molecular weight is 350 g/mol. The number of aromatic nitrogens is 2. The van der Waals surface area contributed by atoms with Crippen LogP contribution in [0.1, 0.15) is 32.3 Å². The molecule has 0 spiro atoms. The molecule has 112 valence electrons. The summed E-state index contributed by atoms with van der Waals surface area (Å²) in [6.45, 7) is 5.01. The third kappa shape index (κ3) is 4.43. The number of rotatable bonds is 7. The SMILES string of the molecule is CCCCc1ccc(Oc2ncnc(NCC)c2Br)cc1. The van der Waals surface area contributed by atoms with Gasteiger partial charge in [-0.2, -0.15) is 0 Å². The van der Waals surface area contributed by atoms with E-state index in [0.717, 1.165) is 29.0 Å². The number of halogens is 1. The van der Waals surface area contributed by atoms with Crippen LogP contribution in [0.15, 0.2) is 35.1 Å². The second-order valence-electron chi connectivity index (χ2n) is 4.72. The maximum absolute atomic E-state index is 5.82. The Morgan fingerprint density at radius 1 is 1.14 bits per heavy atom. The Labute approximate surface area is 134 Å². The van der Waals surface area contributed by atoms with Crippen LogP contribution in [0.25, 0.3) is 0 Å². The van der Waals surface area contributed by atoms with Crippen LogP contribution in [0.2, 0.25) is 0 Å². The molecule has 0 bridgehead atoms. The molecule has 2 rings (SSSR count). The minimum Gasteiger partial charge on any atom is -0.438 e. The van der Waals surface area contributed by atoms with Crippen LogP contribution in [0.5, 0.6) is 11.6 Å². The molecule has 0 aliphatic heterocycles. The number of hydrogen-bond acceptors (Lipinski definition) is 4. The number of anilines is 1. The van der Waals surface area contributed by atoms with Crippen molar-refractivity contribution in [1.29, 1.82) is 0 Å². The Morgan fingerprint density at radius 2 is 1.90 bits per heavy atom. The Balaban J connectivity index is 2.09. The molecule has 0 atom stereocenters. The molecule has 0 unspecified atom stereocenters. The molecule has 4 nitrogen and oxygen atoms in total. The minimum absolute atomic E-state index is 0.516. The predicted octanol–water partition coefficient (Wildman–Crippen LogP) is 4.81. The van der Waals surface area contributed by atoms with Gasteiger partial charge < -0.3 is 10.1 Å². The maximum atomic E-state index is 5.82. The molecule has 1 N–H and O–H groups in total. The number of nitrogens with one attached hydrogen (secondary N) is 1. The summed E-state index contributed by atoms with van der Waals surface area (Å²) in [5.74, 6) is 2.03. The fourth-order valence-electron chi connectivity index (χ4n) is 1.93. The summed E-state index contributed by atoms with van der Waals surface area (Å²) in [5.41, 5.74) is 1.33. The van der Waals surface area contributed by atoms with E-state index in [4.69, 9.17) is 4.74 Å². The number of aryl methyl sites for hydroxylation is 1. The van der Waals surface area contributed by atoms with E-state index in [1.54, 1.807) is 0 Å². The van der Waals surface area contributed by atoms with Gasteiger partial charge in [-0.15, -0.1) is 0 Å². The first-order chi connectivity index (χ1) is 10.2. The number of unbranched alkanes of at least 4 members (excludes halogenated alkanes) is 1. The molecule has 0 amide bonds. The summed E-state index contributed by atoms with van der Waals surface area (Å²) in [6, 6.07) is 8.16. The molecule has 0 aliphatic rings. The number of ether oxygens (including phenoxy) is 1. The van der Waals surface area contributed by atoms with Gasteiger partial charge in [0, 0.05) is 6.54 Å². The fourth-order valence-corrected chi connectivity index (χ4v) is 2.36. The van der Waals surface area contributed by atoms with Crippen molar-refractivity contribution in [2.45, 2.75) is 33.1 Å². The fraction of sp³-hybridized carbons (Fsp3) is 0.375. The van der Waals surface area contributed by atoms with Gasteiger partial charge >= 0.3 is 0 Å². The largest absolute Gasteiger partial charge is 0.438 e. The first-order valence-electron chi connectivity index (χ1n) is 7.25. The molecule has 1 aromatic carbocycles. The lowest BCUT2D eigenvalue weighted by atomic mass is 10.1. The first-order valence-corrected chi connectivity index (χ1v) is 8.05. The highest BCUT2D eigenvalue weighted by Crippen LogP contribution is 2.31. The zero-order valence-electron chi connectivity index (χ0n) is 12.4. The number of benzene rings is 1. The molecule has 21 heavy (non-hydrogen) atoms. The normalized spacial score (nSPS) is 10.4. The van der Waals surface area contributed by atoms with E-state index in [-0.39, 0.29) is 0 Å². The zero-order valence-corrected chi connectivity index (χ0v) is 14.0. The van der Waals surface area contributed by atoms with Crippen molar-refractivity contribution in [3.63, 3.8) is 0 Å². The molecule has 0 saturated heterocycles. The molecule has 0 fully saturated rings. The van der Waals surface area contributed by atoms with E-state index < -0.39 is 0 Å². The van der Waals surface area contributed by atoms with E-state index in [9.17, 15) is 0 Å². The molecular formula is C16H20BrN3O. The summed E-state index contributed by atoms with van der Waals surface area (Å²) in [5, 5.41) is 3.16. The highest BCUT2D eigenvalue weighted by Gasteiger charge is 2.10. The molecule has 1 aromatic heterocycles. The van der Waals surface area contributed by atoms with E-state index in [1.807, 2.05) is 19.1 Å². The lowest BCUT2D eigenvalue weighted by molar-refractivity contribution is 0.458. The topological polar surface area (TPSA) is 47.0 Å². The van der Waals surface area contributed by atoms with E-state index >= 15 is 0 Å². The highest BCUT2D eigenvalue weighted by molar-refractivity contribution is 9.10. The van der Waals surface area contributed by atoms with Crippen LogP contribution in [-0.4, -0.2) is 16.5 Å². The van der Waals surface area contributed by atoms with Crippen LogP contribution in [0, 0.1) is 0 Å². The van der Waals surface area contributed by atoms with Gasteiger partial charge in [-0.3, -0.25) is 0 Å². The van der Waals surface area contributed by atoms with Gasteiger partial charge in [0.15, 0.2) is 0 Å². The second kappa shape index (κ2) is 7.98. The van der Waals surface area contributed by atoms with Crippen LogP contribution in [-0.2, 0) is 6.42 Å². The van der Waals surface area contributed by atoms with Gasteiger partial charge in [-0.05, 0) is 53.4 Å². The standard InChI is InChI=1S/C16H20BrN3O/c1-3-5-6-12-7-9-13(10-8-12)21-16-14(17)15(18-4-2)19-11-20-16/h7-11H,3-6H2,1-2H3,(H,18,19,20). The van der Waals surface area contributed by atoms with Gasteiger partial charge in [0.25, 0.3) is 0 Å². The molecule has 0 radical (unpaired) electrons. The molecular weight excluding hydrogens is 330 g/mol. The lowest BCUT2D eigenvalue weighted by Crippen LogP contribution is -2.02. The van der Waals surface area contributed by atoms with Gasteiger partial charge in [0.05, 0.1) is 0 Å². The van der Waals surface area contributed by atoms with Crippen LogP contribution in [0.4, 0.5) is 5.82 Å². The Kier molecular flexibility index (Phi) is 5.99. The molecule has 0 saturated carbocycles. The van der Waals surface area contributed by atoms with Gasteiger partial charge in [-0.1, -0.05) is 25.5 Å². The third-order valence-corrected chi connectivity index (χ3v) is 3.77. The monoisotopic (exact) mass is 349 g/mol. The minimum atomic E-state index is 0.516. The molecule has 0 aliphatic carbocycles. The van der Waals surface area contributed by atoms with Gasteiger partial charge in [0.2, 0.25) is 5.88 Å². The van der Waals surface area contributed by atoms with Crippen LogP contribution in [0.3, 0.4) is 0 Å². The molecule has 1 heterocycles. The van der Waals surface area contributed by atoms with Crippen LogP contribution >= 0.6 is 15.9 Å². The molecule has 2 aromatic rings. The first kappa shape index (κ1) is 15.8. The van der Waals surface area contributed by atoms with E-state index in [2.05, 4.69) is 50.3 Å². The highest BCUT2D eigenvalue weighted by atomic mass is 79.9. The smallest absolute Gasteiger partial charge is 0.238 e. The van der Waals surface area contributed by atoms with Crippen molar-refractivity contribution >= 4 is 21.7 Å². The van der Waals surface area contributed by atoms with Crippen LogP contribution < -0.4 is 10.1 Å². The average Bonchev–Trinajstić information content (AvgIpc) is 2.51. The summed E-state index contributed by atoms with van der Waals surface area (Å²) in [4.78, 5) is 8.34. The third-order valence-electron chi connectivity index (χ3n) is 3.06. The summed E-state index contributed by atoms with van der Waals surface area (Å²) in [6.07, 6.45) is 5.02. The number of nitrogens with zero attached hydrogens (tertiary/aromatic N) is 2. The quantitative estimate of drug-likeness (QED) is 0.779. The lowest BCUT2D eigenvalue weighted by Gasteiger charge is -2.10. The summed E-state index contributed by atoms with van der Waals surface area (Å²) >= 11 is 3.48. The maximum Gasteiger partial charge on any atom is 0.238 e. The molecule has 5 heteroatoms. The predicted molar refractivity (Wildman–Crippen MR) is 89.0 cm³/mol. The Bertz CT molecular complexity index is 572. The van der Waals surface area contributed by atoms with Crippen molar-refractivity contribution in [1.82, 2.24) is 9.97 Å². The number of hydrogen-bond donors (Lipinski definition) is 1. The summed E-state index contributed by atoms with van der Waals surface area (Å²) < 4.78 is 6.56. The van der Waals surface area contributed by atoms with Crippen molar-refractivity contribution in [2.75, 3.05) is 11.9 Å².